The van der Waals surface area contributed by atoms with Crippen LogP contribution in [0.1, 0.15) is 38.7 Å². The topological polar surface area (TPSA) is 77.0 Å². The third kappa shape index (κ3) is 8.29. The summed E-state index contributed by atoms with van der Waals surface area (Å²) in [5.41, 5.74) is 0.932. The second-order valence-electron chi connectivity index (χ2n) is 6.62. The Morgan fingerprint density at radius 1 is 1.00 bits per heavy atom. The van der Waals surface area contributed by atoms with Crippen molar-refractivity contribution >= 4 is 5.96 Å². The molecule has 7 heteroatoms. The molecule has 2 aromatic rings. The van der Waals surface area contributed by atoms with Crippen molar-refractivity contribution < 1.29 is 14.2 Å². The summed E-state index contributed by atoms with van der Waals surface area (Å²) in [7, 11) is 1.76. The summed E-state index contributed by atoms with van der Waals surface area (Å²) in [5.74, 6) is 2.66. The van der Waals surface area contributed by atoms with E-state index in [4.69, 9.17) is 14.2 Å². The van der Waals surface area contributed by atoms with Gasteiger partial charge in [-0.1, -0.05) is 25.1 Å². The van der Waals surface area contributed by atoms with E-state index in [1.165, 1.54) is 0 Å². The minimum atomic E-state index is 0.541. The lowest BCUT2D eigenvalue weighted by Gasteiger charge is -2.15. The molecule has 0 saturated carbocycles. The molecule has 1 aromatic heterocycles. The molecule has 2 N–H and O–H groups in total. The molecule has 164 valence electrons. The monoisotopic (exact) mass is 414 g/mol. The Balaban J connectivity index is 1.92. The highest BCUT2D eigenvalue weighted by molar-refractivity contribution is 5.79. The molecule has 30 heavy (non-hydrogen) atoms. The van der Waals surface area contributed by atoms with Gasteiger partial charge < -0.3 is 24.8 Å². The third-order valence-electron chi connectivity index (χ3n) is 4.25. The number of ether oxygens (including phenoxy) is 3. The number of hydrogen-bond acceptors (Lipinski definition) is 5. The Kier molecular flexibility index (Phi) is 11.1. The number of hydrogen-bond donors (Lipinski definition) is 2. The molecule has 1 aromatic carbocycles. The number of guanidine groups is 1. The van der Waals surface area contributed by atoms with E-state index >= 15 is 0 Å². The fourth-order valence-corrected chi connectivity index (χ4v) is 2.70. The van der Waals surface area contributed by atoms with Gasteiger partial charge in [0, 0.05) is 45.1 Å². The van der Waals surface area contributed by atoms with Crippen LogP contribution in [0, 0.1) is 0 Å². The van der Waals surface area contributed by atoms with E-state index in [9.17, 15) is 0 Å². The highest BCUT2D eigenvalue weighted by atomic mass is 16.5. The van der Waals surface area contributed by atoms with Crippen molar-refractivity contribution in [3.05, 3.63) is 48.2 Å². The van der Waals surface area contributed by atoms with Crippen LogP contribution in [0.4, 0.5) is 0 Å². The Hall–Kier alpha value is -2.80. The number of aliphatic imine (C=N–C) groups is 1. The van der Waals surface area contributed by atoms with E-state index in [2.05, 4.69) is 27.5 Å². The fourth-order valence-electron chi connectivity index (χ4n) is 2.70. The molecule has 7 nitrogen and oxygen atoms in total. The van der Waals surface area contributed by atoms with Crippen molar-refractivity contribution in [3.63, 3.8) is 0 Å². The van der Waals surface area contributed by atoms with Gasteiger partial charge in [0.1, 0.15) is 0 Å². The van der Waals surface area contributed by atoms with Crippen LogP contribution < -0.4 is 20.1 Å². The normalized spacial score (nSPS) is 11.2. The van der Waals surface area contributed by atoms with Crippen molar-refractivity contribution in [2.45, 2.75) is 39.7 Å². The van der Waals surface area contributed by atoms with Gasteiger partial charge in [-0.3, -0.25) is 4.99 Å². The second-order valence-corrected chi connectivity index (χ2v) is 6.62. The molecular formula is C23H34N4O3. The Morgan fingerprint density at radius 3 is 2.60 bits per heavy atom. The van der Waals surface area contributed by atoms with Gasteiger partial charge in [0.2, 0.25) is 5.88 Å². The summed E-state index contributed by atoms with van der Waals surface area (Å²) in [5, 5.41) is 6.64. The van der Waals surface area contributed by atoms with E-state index in [1.807, 2.05) is 43.3 Å². The van der Waals surface area contributed by atoms with Crippen molar-refractivity contribution in [2.75, 3.05) is 33.4 Å². The summed E-state index contributed by atoms with van der Waals surface area (Å²) in [4.78, 5) is 8.69. The highest BCUT2D eigenvalue weighted by Crippen LogP contribution is 2.31. The molecule has 2 rings (SSSR count). The van der Waals surface area contributed by atoms with Gasteiger partial charge in [-0.15, -0.1) is 0 Å². The number of aromatic nitrogens is 1. The van der Waals surface area contributed by atoms with Crippen molar-refractivity contribution in [2.24, 2.45) is 4.99 Å². The van der Waals surface area contributed by atoms with E-state index in [-0.39, 0.29) is 0 Å². The molecule has 0 fully saturated rings. The van der Waals surface area contributed by atoms with Crippen LogP contribution in [0.3, 0.4) is 0 Å². The van der Waals surface area contributed by atoms with Gasteiger partial charge in [-0.2, -0.15) is 0 Å². The third-order valence-corrected chi connectivity index (χ3v) is 4.25. The van der Waals surface area contributed by atoms with Crippen LogP contribution >= 0.6 is 0 Å². The first-order valence-corrected chi connectivity index (χ1v) is 10.6. The molecule has 0 amide bonds. The predicted molar refractivity (Wildman–Crippen MR) is 120 cm³/mol. The largest absolute Gasteiger partial charge is 0.490 e. The smallest absolute Gasteiger partial charge is 0.224 e. The molecular weight excluding hydrogens is 380 g/mol. The van der Waals surface area contributed by atoms with Gasteiger partial charge in [0.05, 0.1) is 6.61 Å². The van der Waals surface area contributed by atoms with Crippen LogP contribution in [-0.2, 0) is 11.3 Å². The first kappa shape index (κ1) is 23.5. The lowest BCUT2D eigenvalue weighted by molar-refractivity contribution is 0.143. The second kappa shape index (κ2) is 14.2. The average Bonchev–Trinajstić information content (AvgIpc) is 2.78. The number of nitrogens with zero attached hydrogens (tertiary/aromatic N) is 2. The number of nitrogens with one attached hydrogen (secondary N) is 2. The number of para-hydroxylation sites is 2. The van der Waals surface area contributed by atoms with Gasteiger partial charge in [-0.25, -0.2) is 4.98 Å². The predicted octanol–water partition coefficient (Wildman–Crippen LogP) is 4.14. The van der Waals surface area contributed by atoms with E-state index in [0.717, 1.165) is 50.5 Å². The van der Waals surface area contributed by atoms with Crippen molar-refractivity contribution in [1.29, 1.82) is 0 Å². The standard InChI is InChI=1S/C23H34N4O3/c1-4-16-29-20-12-6-7-13-21(20)30-22-19(11-10-15-25-22)18-27-23(24-3)26-14-8-9-17-28-5-2/h6-7,10-13,15H,4-5,8-9,14,16-18H2,1-3H3,(H2,24,26,27). The molecule has 0 unspecified atom stereocenters. The Bertz CT molecular complexity index is 768. The zero-order chi connectivity index (χ0) is 21.4. The van der Waals surface area contributed by atoms with Crippen LogP contribution in [0.2, 0.25) is 0 Å². The molecule has 0 atom stereocenters. The first-order valence-electron chi connectivity index (χ1n) is 10.6. The quantitative estimate of drug-likeness (QED) is 0.291. The van der Waals surface area contributed by atoms with Crippen molar-refractivity contribution in [3.8, 4) is 17.4 Å². The molecule has 0 aliphatic rings. The maximum Gasteiger partial charge on any atom is 0.224 e. The molecule has 0 aliphatic heterocycles. The number of rotatable bonds is 13. The summed E-state index contributed by atoms with van der Waals surface area (Å²) in [6.07, 6.45) is 4.71. The summed E-state index contributed by atoms with van der Waals surface area (Å²) in [6.45, 7) is 7.67. The van der Waals surface area contributed by atoms with Crippen LogP contribution in [0.25, 0.3) is 0 Å². The number of benzene rings is 1. The van der Waals surface area contributed by atoms with Gasteiger partial charge >= 0.3 is 0 Å². The van der Waals surface area contributed by atoms with Gasteiger partial charge in [-0.05, 0) is 44.4 Å². The zero-order valence-corrected chi connectivity index (χ0v) is 18.3. The molecule has 0 radical (unpaired) electrons. The summed E-state index contributed by atoms with van der Waals surface area (Å²) in [6, 6.07) is 11.5. The Morgan fingerprint density at radius 2 is 1.83 bits per heavy atom. The maximum atomic E-state index is 6.09. The minimum Gasteiger partial charge on any atom is -0.490 e. The highest BCUT2D eigenvalue weighted by Gasteiger charge is 2.11. The number of pyridine rings is 1. The first-order chi connectivity index (χ1) is 14.8. The lowest BCUT2D eigenvalue weighted by atomic mass is 10.2. The lowest BCUT2D eigenvalue weighted by Crippen LogP contribution is -2.37. The van der Waals surface area contributed by atoms with E-state index < -0.39 is 0 Å². The summed E-state index contributed by atoms with van der Waals surface area (Å²) >= 11 is 0. The SMILES string of the molecule is CCCOc1ccccc1Oc1ncccc1CNC(=NC)NCCCCOCC. The van der Waals surface area contributed by atoms with Gasteiger partial charge in [0.25, 0.3) is 0 Å². The fraction of sp³-hybridized carbons (Fsp3) is 0.478. The molecule has 0 saturated heterocycles. The van der Waals surface area contributed by atoms with Crippen LogP contribution in [0.5, 0.6) is 17.4 Å². The van der Waals surface area contributed by atoms with Crippen LogP contribution in [0.15, 0.2) is 47.6 Å². The Labute approximate surface area is 179 Å². The molecule has 1 heterocycles. The van der Waals surface area contributed by atoms with Crippen molar-refractivity contribution in [1.82, 2.24) is 15.6 Å². The van der Waals surface area contributed by atoms with E-state index in [0.29, 0.717) is 30.5 Å². The minimum absolute atomic E-state index is 0.541. The van der Waals surface area contributed by atoms with E-state index in [1.54, 1.807) is 13.2 Å². The van der Waals surface area contributed by atoms with Gasteiger partial charge in [0.15, 0.2) is 17.5 Å². The van der Waals surface area contributed by atoms with Crippen LogP contribution in [-0.4, -0.2) is 44.4 Å². The summed E-state index contributed by atoms with van der Waals surface area (Å²) < 4.78 is 17.2. The molecule has 0 aliphatic carbocycles. The molecule has 0 spiro atoms. The zero-order valence-electron chi connectivity index (χ0n) is 18.3. The molecule has 0 bridgehead atoms. The average molecular weight is 415 g/mol. The maximum absolute atomic E-state index is 6.09. The number of unbranched alkanes of at least 4 members (excludes halogenated alkanes) is 1.